The van der Waals surface area contributed by atoms with Crippen molar-refractivity contribution in [2.24, 2.45) is 0 Å². The summed E-state index contributed by atoms with van der Waals surface area (Å²) >= 11 is 0. The molecule has 3 saturated heterocycles. The molecule has 0 aliphatic carbocycles. The molecule has 3 fully saturated rings. The van der Waals surface area contributed by atoms with Crippen molar-refractivity contribution >= 4 is 11.8 Å². The van der Waals surface area contributed by atoms with Crippen LogP contribution in [-0.2, 0) is 9.53 Å². The van der Waals surface area contributed by atoms with Gasteiger partial charge in [-0.1, -0.05) is 24.3 Å². The Morgan fingerprint density at radius 1 is 1.03 bits per heavy atom. The molecule has 0 N–H and O–H groups in total. The van der Waals surface area contributed by atoms with E-state index < -0.39 is 0 Å². The van der Waals surface area contributed by atoms with Crippen molar-refractivity contribution in [2.75, 3.05) is 39.4 Å². The SMILES string of the molecule is O=C1CCCN1CCOc1cccc(C(=O)N2CCC3(CC2)CC(Oc2ccccc2)CO3)c1. The second-order valence-corrected chi connectivity index (χ2v) is 9.40. The molecule has 180 valence electrons. The number of amides is 2. The number of rotatable bonds is 7. The average molecular weight is 465 g/mol. The first-order valence-electron chi connectivity index (χ1n) is 12.3. The molecule has 0 aromatic heterocycles. The second-order valence-electron chi connectivity index (χ2n) is 9.40. The average Bonchev–Trinajstić information content (AvgIpc) is 3.46. The topological polar surface area (TPSA) is 68.3 Å². The summed E-state index contributed by atoms with van der Waals surface area (Å²) in [5.74, 6) is 1.74. The minimum atomic E-state index is -0.200. The summed E-state index contributed by atoms with van der Waals surface area (Å²) in [6.45, 7) is 3.74. The number of carbonyl (C=O) groups is 2. The number of piperidine rings is 1. The normalized spacial score (nSPS) is 21.8. The molecule has 0 bridgehead atoms. The summed E-state index contributed by atoms with van der Waals surface area (Å²) in [6.07, 6.45) is 4.08. The van der Waals surface area contributed by atoms with Crippen LogP contribution in [0.1, 0.15) is 42.5 Å². The van der Waals surface area contributed by atoms with Crippen molar-refractivity contribution in [1.29, 1.82) is 0 Å². The van der Waals surface area contributed by atoms with Gasteiger partial charge in [0.15, 0.2) is 0 Å². The van der Waals surface area contributed by atoms with Crippen molar-refractivity contribution in [3.05, 3.63) is 60.2 Å². The van der Waals surface area contributed by atoms with E-state index in [1.165, 1.54) is 0 Å². The Hall–Kier alpha value is -3.06. The zero-order valence-electron chi connectivity index (χ0n) is 19.5. The molecule has 1 unspecified atom stereocenters. The predicted molar refractivity (Wildman–Crippen MR) is 127 cm³/mol. The van der Waals surface area contributed by atoms with Crippen LogP contribution in [-0.4, -0.2) is 72.7 Å². The molecular formula is C27H32N2O5. The smallest absolute Gasteiger partial charge is 0.253 e. The molecule has 3 heterocycles. The quantitative estimate of drug-likeness (QED) is 0.627. The van der Waals surface area contributed by atoms with E-state index in [1.807, 2.05) is 58.3 Å². The Bertz CT molecular complexity index is 1000. The molecule has 1 spiro atoms. The van der Waals surface area contributed by atoms with Gasteiger partial charge in [-0.25, -0.2) is 0 Å². The fraction of sp³-hybridized carbons (Fsp3) is 0.481. The lowest BCUT2D eigenvalue weighted by atomic mass is 9.87. The van der Waals surface area contributed by atoms with Crippen LogP contribution in [0, 0.1) is 0 Å². The summed E-state index contributed by atoms with van der Waals surface area (Å²) in [5, 5.41) is 0. The molecule has 0 saturated carbocycles. The van der Waals surface area contributed by atoms with E-state index >= 15 is 0 Å². The van der Waals surface area contributed by atoms with E-state index in [0.29, 0.717) is 50.6 Å². The summed E-state index contributed by atoms with van der Waals surface area (Å²) in [7, 11) is 0. The molecule has 7 heteroatoms. The monoisotopic (exact) mass is 464 g/mol. The van der Waals surface area contributed by atoms with Crippen LogP contribution in [0.4, 0.5) is 0 Å². The van der Waals surface area contributed by atoms with E-state index in [9.17, 15) is 9.59 Å². The lowest BCUT2D eigenvalue weighted by Crippen LogP contribution is -2.46. The number of likely N-dealkylation sites (tertiary alicyclic amines) is 2. The highest BCUT2D eigenvalue weighted by molar-refractivity contribution is 5.94. The third-order valence-electron chi connectivity index (χ3n) is 7.07. The summed E-state index contributed by atoms with van der Waals surface area (Å²) in [4.78, 5) is 28.6. The first-order chi connectivity index (χ1) is 16.6. The van der Waals surface area contributed by atoms with Crippen LogP contribution in [0.15, 0.2) is 54.6 Å². The number of ether oxygens (including phenoxy) is 3. The summed E-state index contributed by atoms with van der Waals surface area (Å²) in [6, 6.07) is 17.2. The van der Waals surface area contributed by atoms with Crippen LogP contribution in [0.25, 0.3) is 0 Å². The first kappa shape index (κ1) is 22.7. The van der Waals surface area contributed by atoms with Crippen LogP contribution >= 0.6 is 0 Å². The van der Waals surface area contributed by atoms with Gasteiger partial charge in [0.25, 0.3) is 5.91 Å². The number of para-hydroxylation sites is 1. The van der Waals surface area contributed by atoms with Crippen molar-refractivity contribution < 1.29 is 23.8 Å². The zero-order chi connectivity index (χ0) is 23.4. The van der Waals surface area contributed by atoms with Gasteiger partial charge in [-0.15, -0.1) is 0 Å². The van der Waals surface area contributed by atoms with Gasteiger partial charge >= 0.3 is 0 Å². The van der Waals surface area contributed by atoms with Crippen LogP contribution < -0.4 is 9.47 Å². The van der Waals surface area contributed by atoms with Gasteiger partial charge in [-0.3, -0.25) is 9.59 Å². The van der Waals surface area contributed by atoms with Crippen LogP contribution in [0.2, 0.25) is 0 Å². The van der Waals surface area contributed by atoms with Crippen molar-refractivity contribution in [3.8, 4) is 11.5 Å². The fourth-order valence-electron chi connectivity index (χ4n) is 5.15. The minimum absolute atomic E-state index is 0.0186. The van der Waals surface area contributed by atoms with Gasteiger partial charge in [0.2, 0.25) is 5.91 Å². The van der Waals surface area contributed by atoms with E-state index in [-0.39, 0.29) is 23.5 Å². The summed E-state index contributed by atoms with van der Waals surface area (Å²) in [5.41, 5.74) is 0.428. The lowest BCUT2D eigenvalue weighted by Gasteiger charge is -2.38. The lowest BCUT2D eigenvalue weighted by molar-refractivity contribution is -0.128. The maximum atomic E-state index is 13.1. The molecule has 5 rings (SSSR count). The van der Waals surface area contributed by atoms with Gasteiger partial charge in [-0.2, -0.15) is 0 Å². The number of hydrogen-bond donors (Lipinski definition) is 0. The molecule has 0 radical (unpaired) electrons. The van der Waals surface area contributed by atoms with Crippen LogP contribution in [0.3, 0.4) is 0 Å². The van der Waals surface area contributed by atoms with E-state index in [2.05, 4.69) is 0 Å². The highest BCUT2D eigenvalue weighted by Crippen LogP contribution is 2.37. The van der Waals surface area contributed by atoms with Gasteiger partial charge in [0.1, 0.15) is 24.2 Å². The molecule has 7 nitrogen and oxygen atoms in total. The number of nitrogens with zero attached hydrogens (tertiary/aromatic N) is 2. The molecule has 3 aliphatic heterocycles. The predicted octanol–water partition coefficient (Wildman–Crippen LogP) is 3.53. The maximum absolute atomic E-state index is 13.1. The van der Waals surface area contributed by atoms with Gasteiger partial charge in [-0.05, 0) is 49.6 Å². The molecule has 1 atom stereocenters. The Balaban J connectivity index is 1.11. The van der Waals surface area contributed by atoms with Gasteiger partial charge in [0, 0.05) is 38.0 Å². The molecule has 2 aromatic carbocycles. The van der Waals surface area contributed by atoms with Crippen molar-refractivity contribution in [2.45, 2.75) is 43.8 Å². The minimum Gasteiger partial charge on any atom is -0.492 e. The third kappa shape index (κ3) is 5.20. The third-order valence-corrected chi connectivity index (χ3v) is 7.07. The van der Waals surface area contributed by atoms with E-state index in [4.69, 9.17) is 14.2 Å². The van der Waals surface area contributed by atoms with Crippen LogP contribution in [0.5, 0.6) is 11.5 Å². The standard InChI is InChI=1S/C27H32N2O5/c30-25-10-5-13-28(25)16-17-32-23-9-4-6-21(18-23)26(31)29-14-11-27(12-15-29)19-24(20-33-27)34-22-7-2-1-3-8-22/h1-4,6-9,18,24H,5,10-17,19-20H2. The Labute approximate surface area is 200 Å². The highest BCUT2D eigenvalue weighted by Gasteiger charge is 2.44. The summed E-state index contributed by atoms with van der Waals surface area (Å²) < 4.78 is 18.1. The Kier molecular flexibility index (Phi) is 6.72. The molecular weight excluding hydrogens is 432 g/mol. The largest absolute Gasteiger partial charge is 0.492 e. The van der Waals surface area contributed by atoms with Gasteiger partial charge in [0.05, 0.1) is 18.8 Å². The highest BCUT2D eigenvalue weighted by atomic mass is 16.6. The molecule has 2 aromatic rings. The zero-order valence-corrected chi connectivity index (χ0v) is 19.5. The molecule has 34 heavy (non-hydrogen) atoms. The maximum Gasteiger partial charge on any atom is 0.253 e. The number of hydrogen-bond acceptors (Lipinski definition) is 5. The first-order valence-corrected chi connectivity index (χ1v) is 12.3. The van der Waals surface area contributed by atoms with E-state index in [1.54, 1.807) is 6.07 Å². The van der Waals surface area contributed by atoms with Crippen molar-refractivity contribution in [3.63, 3.8) is 0 Å². The molecule has 3 aliphatic rings. The van der Waals surface area contributed by atoms with Gasteiger partial charge < -0.3 is 24.0 Å². The Morgan fingerprint density at radius 3 is 2.59 bits per heavy atom. The number of benzene rings is 2. The van der Waals surface area contributed by atoms with Crippen molar-refractivity contribution in [1.82, 2.24) is 9.80 Å². The number of carbonyl (C=O) groups excluding carboxylic acids is 2. The fourth-order valence-corrected chi connectivity index (χ4v) is 5.15. The van der Waals surface area contributed by atoms with E-state index in [0.717, 1.165) is 38.0 Å². The second kappa shape index (κ2) is 10.1. The Morgan fingerprint density at radius 2 is 1.82 bits per heavy atom. The molecule has 2 amide bonds.